The Labute approximate surface area is 236 Å². The lowest BCUT2D eigenvalue weighted by atomic mass is 9.98. The van der Waals surface area contributed by atoms with Crippen LogP contribution in [0.5, 0.6) is 28.7 Å². The second-order valence-electron chi connectivity index (χ2n) is 10.0. The first-order valence-corrected chi connectivity index (χ1v) is 13.4. The summed E-state index contributed by atoms with van der Waals surface area (Å²) in [7, 11) is 1.36. The van der Waals surface area contributed by atoms with Crippen molar-refractivity contribution >= 4 is 5.97 Å². The highest BCUT2D eigenvalue weighted by Gasteiger charge is 2.32. The number of fused-ring (bicyclic) bond motifs is 2. The standard InChI is InChI=1S/C33H28F2O6/c1-37-32(36)15-21-19-39-31-17-23(7-9-24(21)31)41-30-13-10-25-28(14-11-26(34)33(25)30)40-22-8-12-29(27(35)16-22)38-18-20-5-3-2-4-6-20/h2-9,11-12,14,16-17,21,30H,10,13,15,18-19H2,1H3. The lowest BCUT2D eigenvalue weighted by molar-refractivity contribution is -0.141. The van der Waals surface area contributed by atoms with Gasteiger partial charge in [0, 0.05) is 34.7 Å². The summed E-state index contributed by atoms with van der Waals surface area (Å²) >= 11 is 0. The van der Waals surface area contributed by atoms with Crippen molar-refractivity contribution in [2.24, 2.45) is 0 Å². The Bertz CT molecular complexity index is 1570. The van der Waals surface area contributed by atoms with E-state index >= 15 is 4.39 Å². The van der Waals surface area contributed by atoms with Crippen LogP contribution in [-0.4, -0.2) is 19.7 Å². The molecular weight excluding hydrogens is 530 g/mol. The second-order valence-corrected chi connectivity index (χ2v) is 10.0. The van der Waals surface area contributed by atoms with Crippen molar-refractivity contribution < 1.29 is 37.3 Å². The van der Waals surface area contributed by atoms with E-state index in [1.807, 2.05) is 36.4 Å². The fourth-order valence-electron chi connectivity index (χ4n) is 5.33. The number of halogens is 2. The lowest BCUT2D eigenvalue weighted by Gasteiger charge is -2.17. The molecule has 4 aromatic rings. The fraction of sp³-hybridized carbons (Fsp3) is 0.242. The van der Waals surface area contributed by atoms with E-state index in [1.165, 1.54) is 25.3 Å². The van der Waals surface area contributed by atoms with Gasteiger partial charge in [-0.1, -0.05) is 36.4 Å². The first kappa shape index (κ1) is 26.6. The molecule has 6 rings (SSSR count). The molecule has 0 fully saturated rings. The Kier molecular flexibility index (Phi) is 7.46. The third-order valence-electron chi connectivity index (χ3n) is 7.39. The topological polar surface area (TPSA) is 63.2 Å². The van der Waals surface area contributed by atoms with E-state index < -0.39 is 11.9 Å². The molecule has 41 heavy (non-hydrogen) atoms. The van der Waals surface area contributed by atoms with Gasteiger partial charge in [0.1, 0.15) is 41.5 Å². The number of hydrogen-bond acceptors (Lipinski definition) is 6. The zero-order valence-corrected chi connectivity index (χ0v) is 22.4. The number of benzene rings is 4. The van der Waals surface area contributed by atoms with Gasteiger partial charge in [-0.3, -0.25) is 4.79 Å². The molecule has 1 heterocycles. The summed E-state index contributed by atoms with van der Waals surface area (Å²) in [6, 6.07) is 22.3. The number of esters is 1. The smallest absolute Gasteiger partial charge is 0.306 e. The summed E-state index contributed by atoms with van der Waals surface area (Å²) in [6.45, 7) is 0.630. The van der Waals surface area contributed by atoms with Crippen molar-refractivity contribution in [3.63, 3.8) is 0 Å². The monoisotopic (exact) mass is 558 g/mol. The minimum Gasteiger partial charge on any atom is -0.492 e. The van der Waals surface area contributed by atoms with Gasteiger partial charge in [-0.05, 0) is 48.7 Å². The van der Waals surface area contributed by atoms with Gasteiger partial charge in [0.15, 0.2) is 11.6 Å². The first-order valence-electron chi connectivity index (χ1n) is 13.4. The molecule has 1 aliphatic carbocycles. The molecular formula is C33H28F2O6. The highest BCUT2D eigenvalue weighted by molar-refractivity contribution is 5.71. The summed E-state index contributed by atoms with van der Waals surface area (Å²) in [4.78, 5) is 11.7. The average molecular weight is 559 g/mol. The van der Waals surface area contributed by atoms with Crippen LogP contribution in [0, 0.1) is 11.6 Å². The van der Waals surface area contributed by atoms with Gasteiger partial charge >= 0.3 is 5.97 Å². The van der Waals surface area contributed by atoms with Crippen LogP contribution in [0.15, 0.2) is 78.9 Å². The number of rotatable bonds is 9. The van der Waals surface area contributed by atoms with E-state index in [-0.39, 0.29) is 42.2 Å². The Morgan fingerprint density at radius 2 is 1.73 bits per heavy atom. The number of hydrogen-bond donors (Lipinski definition) is 0. The molecule has 2 atom stereocenters. The highest BCUT2D eigenvalue weighted by atomic mass is 19.1. The summed E-state index contributed by atoms with van der Waals surface area (Å²) in [5.41, 5.74) is 2.97. The summed E-state index contributed by atoms with van der Waals surface area (Å²) in [5, 5.41) is 0. The molecule has 0 saturated heterocycles. The van der Waals surface area contributed by atoms with Crippen molar-refractivity contribution in [3.05, 3.63) is 113 Å². The molecule has 0 aromatic heterocycles. The Morgan fingerprint density at radius 3 is 2.54 bits per heavy atom. The molecule has 8 heteroatoms. The molecule has 0 bridgehead atoms. The van der Waals surface area contributed by atoms with Crippen molar-refractivity contribution in [1.29, 1.82) is 0 Å². The summed E-state index contributed by atoms with van der Waals surface area (Å²) in [6.07, 6.45) is 0.803. The van der Waals surface area contributed by atoms with Crippen LogP contribution in [0.25, 0.3) is 0 Å². The minimum absolute atomic E-state index is 0.0785. The maximum Gasteiger partial charge on any atom is 0.306 e. The second kappa shape index (κ2) is 11.5. The molecule has 0 saturated carbocycles. The Morgan fingerprint density at radius 1 is 0.927 bits per heavy atom. The van der Waals surface area contributed by atoms with Gasteiger partial charge in [-0.2, -0.15) is 0 Å². The maximum absolute atomic E-state index is 15.0. The van der Waals surface area contributed by atoms with Crippen molar-refractivity contribution in [2.45, 2.75) is 37.9 Å². The van der Waals surface area contributed by atoms with Crippen molar-refractivity contribution in [2.75, 3.05) is 13.7 Å². The lowest BCUT2D eigenvalue weighted by Crippen LogP contribution is -2.09. The van der Waals surface area contributed by atoms with Gasteiger partial charge in [0.2, 0.25) is 0 Å². The predicted molar refractivity (Wildman–Crippen MR) is 147 cm³/mol. The third-order valence-corrected chi connectivity index (χ3v) is 7.39. The van der Waals surface area contributed by atoms with E-state index in [0.717, 1.165) is 11.1 Å². The number of ether oxygens (including phenoxy) is 5. The number of carbonyl (C=O) groups excluding carboxylic acids is 1. The van der Waals surface area contributed by atoms with Crippen LogP contribution in [0.1, 0.15) is 47.1 Å². The van der Waals surface area contributed by atoms with Gasteiger partial charge < -0.3 is 23.7 Å². The minimum atomic E-state index is -0.550. The molecule has 1 aliphatic heterocycles. The predicted octanol–water partition coefficient (Wildman–Crippen LogP) is 7.44. The van der Waals surface area contributed by atoms with Crippen LogP contribution in [0.4, 0.5) is 8.78 Å². The maximum atomic E-state index is 15.0. The zero-order chi connectivity index (χ0) is 28.3. The Balaban J connectivity index is 1.15. The normalized spacial score (nSPS) is 16.9. The van der Waals surface area contributed by atoms with Crippen LogP contribution >= 0.6 is 0 Å². The molecule has 6 nitrogen and oxygen atoms in total. The average Bonchev–Trinajstić information content (AvgIpc) is 3.59. The van der Waals surface area contributed by atoms with E-state index in [1.54, 1.807) is 24.3 Å². The Hall–Kier alpha value is -4.59. The molecule has 2 unspecified atom stereocenters. The SMILES string of the molecule is COC(=O)CC1COc2cc(OC3CCc4c(Oc5ccc(OCc6ccccc6)c(F)c5)ccc(F)c43)ccc21. The largest absolute Gasteiger partial charge is 0.492 e. The molecule has 0 N–H and O–H groups in total. The van der Waals surface area contributed by atoms with Crippen LogP contribution in [0.3, 0.4) is 0 Å². The van der Waals surface area contributed by atoms with Crippen molar-refractivity contribution in [3.8, 4) is 28.7 Å². The van der Waals surface area contributed by atoms with Gasteiger partial charge in [0.05, 0.1) is 20.1 Å². The summed E-state index contributed by atoms with van der Waals surface area (Å²) < 4.78 is 58.2. The quantitative estimate of drug-likeness (QED) is 0.199. The molecule has 210 valence electrons. The van der Waals surface area contributed by atoms with Crippen LogP contribution in [0.2, 0.25) is 0 Å². The van der Waals surface area contributed by atoms with Gasteiger partial charge in [-0.15, -0.1) is 0 Å². The summed E-state index contributed by atoms with van der Waals surface area (Å²) in [5.74, 6) is 0.728. The highest BCUT2D eigenvalue weighted by Crippen LogP contribution is 2.44. The van der Waals surface area contributed by atoms with Gasteiger partial charge in [-0.25, -0.2) is 8.78 Å². The molecule has 0 spiro atoms. The van der Waals surface area contributed by atoms with Crippen LogP contribution < -0.4 is 18.9 Å². The van der Waals surface area contributed by atoms with Crippen LogP contribution in [-0.2, 0) is 22.6 Å². The fourth-order valence-corrected chi connectivity index (χ4v) is 5.33. The molecule has 0 radical (unpaired) electrons. The van der Waals surface area contributed by atoms with E-state index in [4.69, 9.17) is 23.7 Å². The van der Waals surface area contributed by atoms with E-state index in [9.17, 15) is 9.18 Å². The van der Waals surface area contributed by atoms with Gasteiger partial charge in [0.25, 0.3) is 0 Å². The molecule has 4 aromatic carbocycles. The molecule has 0 amide bonds. The first-order chi connectivity index (χ1) is 20.0. The van der Waals surface area contributed by atoms with E-state index in [2.05, 4.69) is 0 Å². The van der Waals surface area contributed by atoms with E-state index in [0.29, 0.717) is 47.8 Å². The zero-order valence-electron chi connectivity index (χ0n) is 22.4. The molecule has 2 aliphatic rings. The number of methoxy groups -OCH3 is 1. The third kappa shape index (κ3) is 5.68. The number of carbonyl (C=O) groups is 1. The van der Waals surface area contributed by atoms with Crippen molar-refractivity contribution in [1.82, 2.24) is 0 Å².